The number of Topliss-reactive ketones (excluding diaryl/α,β-unsaturated/α-hetero) is 1. The molecule has 0 aliphatic carbocycles. The Bertz CT molecular complexity index is 780. The highest BCUT2D eigenvalue weighted by Crippen LogP contribution is 2.30. The molecule has 7 atom stereocenters. The van der Waals surface area contributed by atoms with Crippen molar-refractivity contribution in [2.75, 3.05) is 13.2 Å². The molecule has 4 amide bonds. The van der Waals surface area contributed by atoms with Gasteiger partial charge in [0, 0.05) is 0 Å². The Balaban J connectivity index is 3.00. The van der Waals surface area contributed by atoms with E-state index in [2.05, 4.69) is 16.0 Å². The van der Waals surface area contributed by atoms with Gasteiger partial charge in [-0.25, -0.2) is 0 Å². The zero-order chi connectivity index (χ0) is 26.4. The van der Waals surface area contributed by atoms with Gasteiger partial charge in [0.15, 0.2) is 11.4 Å². The van der Waals surface area contributed by atoms with Crippen LogP contribution in [-0.2, 0) is 28.7 Å². The van der Waals surface area contributed by atoms with Gasteiger partial charge >= 0.3 is 0 Å². The summed E-state index contributed by atoms with van der Waals surface area (Å²) in [5, 5.41) is 36.5. The Morgan fingerprint density at radius 1 is 0.882 bits per heavy atom. The summed E-state index contributed by atoms with van der Waals surface area (Å²) in [6.45, 7) is 6.77. The highest BCUT2D eigenvalue weighted by Gasteiger charge is 2.54. The number of primary amides is 1. The van der Waals surface area contributed by atoms with Crippen LogP contribution in [0.1, 0.15) is 41.0 Å². The Morgan fingerprint density at radius 3 is 1.68 bits per heavy atom. The Labute approximate surface area is 197 Å². The van der Waals surface area contributed by atoms with Gasteiger partial charge in [0.25, 0.3) is 0 Å². The number of ketones is 1. The van der Waals surface area contributed by atoms with E-state index in [9.17, 15) is 39.3 Å². The van der Waals surface area contributed by atoms with Crippen molar-refractivity contribution in [1.29, 1.82) is 0 Å². The summed E-state index contributed by atoms with van der Waals surface area (Å²) in [4.78, 5) is 61.8. The number of rotatable bonds is 14. The number of nitrogens with two attached hydrogens (primary N) is 1. The second-order valence-electron chi connectivity index (χ2n) is 9.07. The van der Waals surface area contributed by atoms with Crippen molar-refractivity contribution in [2.45, 2.75) is 77.0 Å². The van der Waals surface area contributed by atoms with Crippen LogP contribution in [-0.4, -0.2) is 93.9 Å². The first kappa shape index (κ1) is 29.4. The molecule has 13 heteroatoms. The van der Waals surface area contributed by atoms with E-state index >= 15 is 0 Å². The number of epoxide rings is 1. The van der Waals surface area contributed by atoms with E-state index in [0.717, 1.165) is 0 Å². The van der Waals surface area contributed by atoms with Crippen molar-refractivity contribution in [2.24, 2.45) is 17.6 Å². The second-order valence-corrected chi connectivity index (χ2v) is 9.07. The van der Waals surface area contributed by atoms with Crippen LogP contribution in [0.4, 0.5) is 0 Å². The molecule has 34 heavy (non-hydrogen) atoms. The van der Waals surface area contributed by atoms with Gasteiger partial charge < -0.3 is 41.7 Å². The lowest BCUT2D eigenvalue weighted by molar-refractivity contribution is -0.139. The second kappa shape index (κ2) is 12.2. The number of amides is 4. The topological polar surface area (TPSA) is 221 Å². The first-order chi connectivity index (χ1) is 15.7. The van der Waals surface area contributed by atoms with Gasteiger partial charge in [0.1, 0.15) is 18.0 Å². The number of ether oxygens (including phenoxy) is 1. The number of hydrogen-bond donors (Lipinski definition) is 7. The number of nitrogens with one attached hydrogen (secondary N) is 3. The summed E-state index contributed by atoms with van der Waals surface area (Å²) in [5.74, 6) is -5.58. The molecular formula is C21H36N4O9. The van der Waals surface area contributed by atoms with Gasteiger partial charge in [0.2, 0.25) is 23.6 Å². The monoisotopic (exact) mass is 488 g/mol. The third-order valence-corrected chi connectivity index (χ3v) is 5.48. The molecule has 1 aliphatic heterocycles. The predicted molar refractivity (Wildman–Crippen MR) is 118 cm³/mol. The molecule has 1 aliphatic rings. The van der Waals surface area contributed by atoms with Crippen molar-refractivity contribution >= 4 is 29.4 Å². The minimum absolute atomic E-state index is 0.0167. The Hall–Kier alpha value is -2.61. The zero-order valence-corrected chi connectivity index (χ0v) is 20.0. The van der Waals surface area contributed by atoms with Gasteiger partial charge in [-0.05, 0) is 33.1 Å². The van der Waals surface area contributed by atoms with E-state index in [4.69, 9.17) is 10.5 Å². The molecule has 0 aromatic heterocycles. The summed E-state index contributed by atoms with van der Waals surface area (Å²) < 4.78 is 5.08. The van der Waals surface area contributed by atoms with Crippen molar-refractivity contribution in [3.63, 3.8) is 0 Å². The fourth-order valence-corrected chi connectivity index (χ4v) is 3.14. The Kier molecular flexibility index (Phi) is 10.6. The minimum Gasteiger partial charge on any atom is -0.393 e. The smallest absolute Gasteiger partial charge is 0.245 e. The summed E-state index contributed by atoms with van der Waals surface area (Å²) in [7, 11) is 0. The van der Waals surface area contributed by atoms with Crippen LogP contribution in [0.2, 0.25) is 0 Å². The lowest BCUT2D eigenvalue weighted by atomic mass is 9.92. The number of hydrogen-bond acceptors (Lipinski definition) is 9. The van der Waals surface area contributed by atoms with Crippen molar-refractivity contribution in [3.8, 4) is 0 Å². The van der Waals surface area contributed by atoms with Gasteiger partial charge in [-0.2, -0.15) is 0 Å². The molecule has 0 saturated carbocycles. The van der Waals surface area contributed by atoms with E-state index < -0.39 is 77.9 Å². The lowest BCUT2D eigenvalue weighted by Crippen LogP contribution is -2.62. The highest BCUT2D eigenvalue weighted by atomic mass is 16.6. The number of aliphatic hydroxyl groups is 3. The molecule has 0 bridgehead atoms. The van der Waals surface area contributed by atoms with E-state index in [0.29, 0.717) is 0 Å². The highest BCUT2D eigenvalue weighted by molar-refractivity contribution is 6.02. The SMILES string of the molecule is CC(C)CC(NC(=O)[C@@H](NC(=O)[C@@H](NC(=O)[C@H](C)C(N)=O)[C@@H](C)O)[C@@H](C)O)C(=O)C1(CO)CO1. The quantitative estimate of drug-likeness (QED) is 0.0959. The Morgan fingerprint density at radius 2 is 1.32 bits per heavy atom. The molecule has 8 N–H and O–H groups in total. The average Bonchev–Trinajstić information content (AvgIpc) is 3.54. The fourth-order valence-electron chi connectivity index (χ4n) is 3.14. The molecule has 1 rings (SSSR count). The molecular weight excluding hydrogens is 452 g/mol. The van der Waals surface area contributed by atoms with Crippen molar-refractivity contribution < 1.29 is 44.0 Å². The molecule has 13 nitrogen and oxygen atoms in total. The van der Waals surface area contributed by atoms with Gasteiger partial charge in [0.05, 0.1) is 31.5 Å². The zero-order valence-electron chi connectivity index (χ0n) is 20.0. The molecule has 0 aromatic rings. The van der Waals surface area contributed by atoms with Crippen LogP contribution in [0.15, 0.2) is 0 Å². The van der Waals surface area contributed by atoms with E-state index in [1.54, 1.807) is 0 Å². The fraction of sp³-hybridized carbons (Fsp3) is 0.762. The number of carbonyl (C=O) groups excluding carboxylic acids is 5. The third-order valence-electron chi connectivity index (χ3n) is 5.48. The van der Waals surface area contributed by atoms with Crippen molar-refractivity contribution in [1.82, 2.24) is 16.0 Å². The van der Waals surface area contributed by atoms with Gasteiger partial charge in [-0.15, -0.1) is 0 Å². The summed E-state index contributed by atoms with van der Waals surface area (Å²) in [6, 6.07) is -4.16. The molecule has 0 radical (unpaired) electrons. The summed E-state index contributed by atoms with van der Waals surface area (Å²) in [5.41, 5.74) is 3.69. The summed E-state index contributed by atoms with van der Waals surface area (Å²) in [6.07, 6.45) is -2.63. The minimum atomic E-state index is -1.56. The molecule has 1 saturated heterocycles. The average molecular weight is 489 g/mol. The summed E-state index contributed by atoms with van der Waals surface area (Å²) >= 11 is 0. The van der Waals surface area contributed by atoms with E-state index in [1.807, 2.05) is 13.8 Å². The molecule has 0 aromatic carbocycles. The molecule has 1 fully saturated rings. The van der Waals surface area contributed by atoms with Crippen LogP contribution in [0, 0.1) is 11.8 Å². The van der Waals surface area contributed by atoms with Crippen molar-refractivity contribution in [3.05, 3.63) is 0 Å². The van der Waals surface area contributed by atoms with Gasteiger partial charge in [-0.1, -0.05) is 13.8 Å². The van der Waals surface area contributed by atoms with Crippen LogP contribution >= 0.6 is 0 Å². The molecule has 2 unspecified atom stereocenters. The molecule has 1 heterocycles. The van der Waals surface area contributed by atoms with Gasteiger partial charge in [-0.3, -0.25) is 24.0 Å². The third kappa shape index (κ3) is 7.72. The molecule has 0 spiro atoms. The standard InChI is InChI=1S/C21H36N4O9/c1-9(2)6-13(16(29)21(7-26)8-34-21)23-19(32)14(11(4)27)25-20(33)15(12(5)28)24-18(31)10(3)17(22)30/h9-15,26-28H,6-8H2,1-5H3,(H2,22,30)(H,23,32)(H,24,31)(H,25,33)/t10-,11-,12-,13?,14+,15+,21?/m1/s1. The first-order valence-electron chi connectivity index (χ1n) is 11.0. The lowest BCUT2D eigenvalue weighted by Gasteiger charge is -2.28. The number of aliphatic hydroxyl groups excluding tert-OH is 3. The largest absolute Gasteiger partial charge is 0.393 e. The van der Waals surface area contributed by atoms with Crippen LogP contribution < -0.4 is 21.7 Å². The maximum absolute atomic E-state index is 12.9. The first-order valence-corrected chi connectivity index (χ1v) is 11.0. The normalized spacial score (nSPS) is 22.5. The van der Waals surface area contributed by atoms with Crippen LogP contribution in [0.3, 0.4) is 0 Å². The maximum Gasteiger partial charge on any atom is 0.245 e. The number of carbonyl (C=O) groups is 5. The maximum atomic E-state index is 12.9. The van der Waals surface area contributed by atoms with E-state index in [-0.39, 0.29) is 18.9 Å². The predicted octanol–water partition coefficient (Wildman–Crippen LogP) is -3.30. The van der Waals surface area contributed by atoms with Crippen LogP contribution in [0.25, 0.3) is 0 Å². The van der Waals surface area contributed by atoms with Crippen LogP contribution in [0.5, 0.6) is 0 Å². The van der Waals surface area contributed by atoms with E-state index in [1.165, 1.54) is 20.8 Å². The molecule has 194 valence electrons.